The molecular weight excluding hydrogens is 470 g/mol. The molecule has 6 nitrogen and oxygen atoms in total. The van der Waals surface area contributed by atoms with Gasteiger partial charge >= 0.3 is 0 Å². The Morgan fingerprint density at radius 3 is 2.59 bits per heavy atom. The second-order valence-corrected chi connectivity index (χ2v) is 10.0. The lowest BCUT2D eigenvalue weighted by Gasteiger charge is -2.12. The molecule has 0 saturated heterocycles. The van der Waals surface area contributed by atoms with Crippen molar-refractivity contribution in [3.8, 4) is 11.5 Å². The molecule has 0 saturated carbocycles. The predicted octanol–water partition coefficient (Wildman–Crippen LogP) is 7.10. The number of thioether (sulfide) groups is 1. The summed E-state index contributed by atoms with van der Waals surface area (Å²) in [7, 11) is 0. The summed E-state index contributed by atoms with van der Waals surface area (Å²) in [5.41, 5.74) is 3.10. The van der Waals surface area contributed by atoms with Gasteiger partial charge in [0, 0.05) is 28.3 Å². The Labute approximate surface area is 206 Å². The van der Waals surface area contributed by atoms with Crippen molar-refractivity contribution in [2.24, 2.45) is 5.92 Å². The van der Waals surface area contributed by atoms with E-state index in [0.29, 0.717) is 51.0 Å². The lowest BCUT2D eigenvalue weighted by atomic mass is 10.1. The van der Waals surface area contributed by atoms with E-state index in [1.165, 1.54) is 11.8 Å². The summed E-state index contributed by atoms with van der Waals surface area (Å²) >= 11 is 7.48. The summed E-state index contributed by atoms with van der Waals surface area (Å²) in [6, 6.07) is 15.0. The number of hydrogen-bond donors (Lipinski definition) is 0. The summed E-state index contributed by atoms with van der Waals surface area (Å²) in [5.74, 6) is 2.27. The molecule has 174 valence electrons. The standard InChI is InChI=1S/C26H24ClN3O3S/c1-15(2)12-13-30-25(31)23-22(19-6-4-5-7-21(19)33-23)29-26(30)34-14-20-16(3)32-24(28-20)17-8-10-18(27)11-9-17/h4-11,15H,12-14H2,1-3H3. The number of benzene rings is 2. The van der Waals surface area contributed by atoms with Gasteiger partial charge in [-0.2, -0.15) is 0 Å². The Morgan fingerprint density at radius 2 is 1.82 bits per heavy atom. The Hall–Kier alpha value is -3.03. The van der Waals surface area contributed by atoms with Gasteiger partial charge in [-0.1, -0.05) is 49.3 Å². The van der Waals surface area contributed by atoms with E-state index >= 15 is 0 Å². The van der Waals surface area contributed by atoms with Gasteiger partial charge in [0.2, 0.25) is 11.5 Å². The highest BCUT2D eigenvalue weighted by Crippen LogP contribution is 2.30. The minimum Gasteiger partial charge on any atom is -0.448 e. The first kappa shape index (κ1) is 22.7. The van der Waals surface area contributed by atoms with E-state index in [2.05, 4.69) is 18.8 Å². The van der Waals surface area contributed by atoms with Crippen molar-refractivity contribution in [2.75, 3.05) is 0 Å². The molecule has 2 aromatic carbocycles. The average molecular weight is 494 g/mol. The molecule has 3 aromatic heterocycles. The van der Waals surface area contributed by atoms with E-state index in [0.717, 1.165) is 28.8 Å². The summed E-state index contributed by atoms with van der Waals surface area (Å²) in [6.45, 7) is 6.76. The van der Waals surface area contributed by atoms with Crippen LogP contribution in [0.3, 0.4) is 0 Å². The highest BCUT2D eigenvalue weighted by molar-refractivity contribution is 7.98. The third-order valence-corrected chi connectivity index (χ3v) is 6.94. The maximum Gasteiger partial charge on any atom is 0.297 e. The zero-order valence-corrected chi connectivity index (χ0v) is 20.7. The van der Waals surface area contributed by atoms with Crippen LogP contribution in [-0.4, -0.2) is 14.5 Å². The first-order chi connectivity index (χ1) is 16.4. The molecule has 0 amide bonds. The Kier molecular flexibility index (Phi) is 6.23. The van der Waals surface area contributed by atoms with Crippen molar-refractivity contribution in [1.82, 2.24) is 14.5 Å². The summed E-state index contributed by atoms with van der Waals surface area (Å²) in [6.07, 6.45) is 0.866. The number of hydrogen-bond acceptors (Lipinski definition) is 6. The molecule has 0 unspecified atom stereocenters. The summed E-state index contributed by atoms with van der Waals surface area (Å²) < 4.78 is 13.5. The molecule has 0 N–H and O–H groups in total. The molecule has 8 heteroatoms. The van der Waals surface area contributed by atoms with Crippen LogP contribution in [0.15, 0.2) is 67.3 Å². The zero-order valence-electron chi connectivity index (χ0n) is 19.2. The fraction of sp³-hybridized carbons (Fsp3) is 0.269. The number of aryl methyl sites for hydroxylation is 1. The van der Waals surface area contributed by atoms with Crippen LogP contribution < -0.4 is 5.56 Å². The van der Waals surface area contributed by atoms with E-state index in [4.69, 9.17) is 25.4 Å². The molecule has 5 aromatic rings. The predicted molar refractivity (Wildman–Crippen MR) is 136 cm³/mol. The van der Waals surface area contributed by atoms with E-state index < -0.39 is 0 Å². The van der Waals surface area contributed by atoms with E-state index in [9.17, 15) is 4.79 Å². The van der Waals surface area contributed by atoms with Crippen molar-refractivity contribution in [3.05, 3.63) is 75.4 Å². The average Bonchev–Trinajstić information content (AvgIpc) is 3.38. The van der Waals surface area contributed by atoms with Crippen LogP contribution in [0.4, 0.5) is 0 Å². The van der Waals surface area contributed by atoms with Crippen molar-refractivity contribution in [2.45, 2.75) is 44.6 Å². The van der Waals surface area contributed by atoms with Gasteiger partial charge in [0.25, 0.3) is 5.56 Å². The van der Waals surface area contributed by atoms with Gasteiger partial charge in [0.05, 0.1) is 5.69 Å². The minimum atomic E-state index is -0.150. The monoisotopic (exact) mass is 493 g/mol. The van der Waals surface area contributed by atoms with E-state index in [1.807, 2.05) is 55.5 Å². The van der Waals surface area contributed by atoms with E-state index in [-0.39, 0.29) is 5.56 Å². The Morgan fingerprint density at radius 1 is 1.06 bits per heavy atom. The molecule has 0 aliphatic heterocycles. The Bertz CT molecular complexity index is 1530. The maximum absolute atomic E-state index is 13.4. The van der Waals surface area contributed by atoms with Gasteiger partial charge in [-0.25, -0.2) is 9.97 Å². The number of nitrogens with zero attached hydrogens (tertiary/aromatic N) is 3. The zero-order chi connectivity index (χ0) is 23.8. The van der Waals surface area contributed by atoms with Gasteiger partial charge in [-0.15, -0.1) is 0 Å². The third-order valence-electron chi connectivity index (χ3n) is 5.70. The van der Waals surface area contributed by atoms with Crippen LogP contribution in [0.1, 0.15) is 31.7 Å². The molecule has 0 atom stereocenters. The number of aromatic nitrogens is 3. The van der Waals surface area contributed by atoms with Crippen LogP contribution in [0.5, 0.6) is 0 Å². The molecule has 0 fully saturated rings. The number of halogens is 1. The molecule has 0 bridgehead atoms. The fourth-order valence-electron chi connectivity index (χ4n) is 3.76. The third kappa shape index (κ3) is 4.38. The van der Waals surface area contributed by atoms with Crippen LogP contribution in [0.2, 0.25) is 5.02 Å². The number of oxazole rings is 1. The highest BCUT2D eigenvalue weighted by Gasteiger charge is 2.19. The molecule has 0 spiro atoms. The van der Waals surface area contributed by atoms with Crippen molar-refractivity contribution < 1.29 is 8.83 Å². The van der Waals surface area contributed by atoms with Crippen molar-refractivity contribution >= 4 is 45.4 Å². The number of rotatable bonds is 7. The van der Waals surface area contributed by atoms with Crippen LogP contribution in [0, 0.1) is 12.8 Å². The summed E-state index contributed by atoms with van der Waals surface area (Å²) in [5, 5.41) is 2.16. The number of furan rings is 1. The van der Waals surface area contributed by atoms with Gasteiger partial charge in [-0.3, -0.25) is 9.36 Å². The summed E-state index contributed by atoms with van der Waals surface area (Å²) in [4.78, 5) is 23.0. The normalized spacial score (nSPS) is 11.8. The number of fused-ring (bicyclic) bond motifs is 3. The van der Waals surface area contributed by atoms with Gasteiger partial charge in [0.1, 0.15) is 16.9 Å². The molecule has 0 aliphatic carbocycles. The molecule has 5 rings (SSSR count). The fourth-order valence-corrected chi connectivity index (χ4v) is 4.90. The van der Waals surface area contributed by atoms with Crippen LogP contribution in [0.25, 0.3) is 33.5 Å². The van der Waals surface area contributed by atoms with Gasteiger partial charge in [-0.05, 0) is 55.7 Å². The lowest BCUT2D eigenvalue weighted by molar-refractivity contribution is 0.476. The Balaban J connectivity index is 1.51. The van der Waals surface area contributed by atoms with Crippen LogP contribution >= 0.6 is 23.4 Å². The van der Waals surface area contributed by atoms with Gasteiger partial charge < -0.3 is 8.83 Å². The number of para-hydroxylation sites is 1. The highest BCUT2D eigenvalue weighted by atomic mass is 35.5. The molecule has 34 heavy (non-hydrogen) atoms. The topological polar surface area (TPSA) is 74.1 Å². The largest absolute Gasteiger partial charge is 0.448 e. The first-order valence-corrected chi connectivity index (χ1v) is 12.5. The molecule has 0 radical (unpaired) electrons. The molecule has 0 aliphatic rings. The minimum absolute atomic E-state index is 0.150. The second kappa shape index (κ2) is 9.31. The SMILES string of the molecule is Cc1oc(-c2ccc(Cl)cc2)nc1CSc1nc2c(oc3ccccc32)c(=O)n1CCC(C)C. The first-order valence-electron chi connectivity index (χ1n) is 11.2. The maximum atomic E-state index is 13.4. The van der Waals surface area contributed by atoms with Crippen LogP contribution in [-0.2, 0) is 12.3 Å². The quantitative estimate of drug-likeness (QED) is 0.178. The lowest BCUT2D eigenvalue weighted by Crippen LogP contribution is -2.23. The second-order valence-electron chi connectivity index (χ2n) is 8.63. The molecule has 3 heterocycles. The van der Waals surface area contributed by atoms with Crippen molar-refractivity contribution in [1.29, 1.82) is 0 Å². The van der Waals surface area contributed by atoms with Gasteiger partial charge in [0.15, 0.2) is 5.16 Å². The smallest absolute Gasteiger partial charge is 0.297 e. The molecular formula is C26H24ClN3O3S. The van der Waals surface area contributed by atoms with Crippen molar-refractivity contribution in [3.63, 3.8) is 0 Å². The van der Waals surface area contributed by atoms with E-state index in [1.54, 1.807) is 4.57 Å².